The lowest BCUT2D eigenvalue weighted by Crippen LogP contribution is -2.37. The molecule has 4 heterocycles. The van der Waals surface area contributed by atoms with Gasteiger partial charge in [-0.2, -0.15) is 18.2 Å². The van der Waals surface area contributed by atoms with Gasteiger partial charge in [-0.3, -0.25) is 4.98 Å². The molecule has 0 bridgehead atoms. The van der Waals surface area contributed by atoms with E-state index in [1.54, 1.807) is 0 Å². The first-order valence-corrected chi connectivity index (χ1v) is 9.78. The smallest absolute Gasteiger partial charge is 0.378 e. The lowest BCUT2D eigenvalue weighted by atomic mass is 10.1. The van der Waals surface area contributed by atoms with Crippen LogP contribution < -0.4 is 16.3 Å². The Balaban J connectivity index is 1.97. The summed E-state index contributed by atoms with van der Waals surface area (Å²) in [6, 6.07) is 3.65. The zero-order chi connectivity index (χ0) is 22.3. The van der Waals surface area contributed by atoms with Crippen LogP contribution in [0.15, 0.2) is 16.9 Å². The minimum Gasteiger partial charge on any atom is -0.378 e. The van der Waals surface area contributed by atoms with Crippen molar-refractivity contribution in [3.63, 3.8) is 0 Å². The molecule has 3 aromatic heterocycles. The maximum absolute atomic E-state index is 12.8. The molecule has 0 spiro atoms. The molecule has 0 aliphatic carbocycles. The molecule has 3 aromatic rings. The number of halogens is 3. The Morgan fingerprint density at radius 2 is 1.77 bits per heavy atom. The molecule has 1 aliphatic heterocycles. The number of nitrogen functional groups attached to an aromatic ring is 1. The zero-order valence-electron chi connectivity index (χ0n) is 17.1. The number of alkyl halides is 3. The summed E-state index contributed by atoms with van der Waals surface area (Å²) in [5.41, 5.74) is 8.19. The predicted octanol–water partition coefficient (Wildman–Crippen LogP) is 1.94. The molecular weight excluding hydrogens is 415 g/mol. The number of hydrogen-bond acceptors (Lipinski definition) is 7. The monoisotopic (exact) mass is 437 g/mol. The first-order valence-electron chi connectivity index (χ1n) is 9.78. The predicted molar refractivity (Wildman–Crippen MR) is 108 cm³/mol. The van der Waals surface area contributed by atoms with Gasteiger partial charge in [0, 0.05) is 24.5 Å². The third-order valence-electron chi connectivity index (χ3n) is 5.02. The number of anilines is 2. The highest BCUT2D eigenvalue weighted by molar-refractivity contribution is 5.88. The van der Waals surface area contributed by atoms with Crippen LogP contribution in [0.5, 0.6) is 0 Å². The van der Waals surface area contributed by atoms with E-state index in [1.807, 2.05) is 30.9 Å². The normalized spacial score (nSPS) is 15.1. The maximum atomic E-state index is 12.8. The minimum atomic E-state index is -4.42. The van der Waals surface area contributed by atoms with E-state index in [0.717, 1.165) is 20.5 Å². The third kappa shape index (κ3) is 4.20. The summed E-state index contributed by atoms with van der Waals surface area (Å²) in [6.07, 6.45) is -5.59. The molecular formula is C19H22F3N7O2. The van der Waals surface area contributed by atoms with Gasteiger partial charge < -0.3 is 15.4 Å². The van der Waals surface area contributed by atoms with E-state index in [2.05, 4.69) is 15.1 Å². The lowest BCUT2D eigenvalue weighted by Gasteiger charge is -2.29. The number of morpholine rings is 1. The third-order valence-corrected chi connectivity index (χ3v) is 5.02. The van der Waals surface area contributed by atoms with Gasteiger partial charge in [-0.15, -0.1) is 5.10 Å². The van der Waals surface area contributed by atoms with Crippen molar-refractivity contribution in [2.24, 2.45) is 0 Å². The Morgan fingerprint density at radius 1 is 1.13 bits per heavy atom. The van der Waals surface area contributed by atoms with Gasteiger partial charge in [0.2, 0.25) is 5.95 Å². The molecule has 1 aliphatic rings. The Morgan fingerprint density at radius 3 is 2.39 bits per heavy atom. The first kappa shape index (κ1) is 21.1. The fraction of sp³-hybridized carbons (Fsp3) is 0.474. The van der Waals surface area contributed by atoms with Crippen LogP contribution in [0.3, 0.4) is 0 Å². The van der Waals surface area contributed by atoms with Crippen molar-refractivity contribution >= 4 is 17.4 Å². The van der Waals surface area contributed by atoms with E-state index in [1.165, 1.54) is 0 Å². The summed E-state index contributed by atoms with van der Waals surface area (Å²) in [7, 11) is 0. The summed E-state index contributed by atoms with van der Waals surface area (Å²) < 4.78 is 45.5. The molecule has 4 rings (SSSR count). The average molecular weight is 437 g/mol. The van der Waals surface area contributed by atoms with Crippen LogP contribution in [-0.4, -0.2) is 56.6 Å². The number of ether oxygens (including phenoxy) is 1. The van der Waals surface area contributed by atoms with Gasteiger partial charge in [-0.1, -0.05) is 0 Å². The van der Waals surface area contributed by atoms with Crippen LogP contribution in [0.25, 0.3) is 16.8 Å². The lowest BCUT2D eigenvalue weighted by molar-refractivity contribution is -0.137. The Labute approximate surface area is 175 Å². The van der Waals surface area contributed by atoms with E-state index in [0.29, 0.717) is 43.2 Å². The summed E-state index contributed by atoms with van der Waals surface area (Å²) in [4.78, 5) is 23.6. The molecule has 1 fully saturated rings. The van der Waals surface area contributed by atoms with Gasteiger partial charge in [0.1, 0.15) is 5.82 Å². The minimum absolute atomic E-state index is 0.133. The largest absolute Gasteiger partial charge is 0.390 e. The number of nitrogens with two attached hydrogens (primary N) is 1. The highest BCUT2D eigenvalue weighted by Crippen LogP contribution is 2.34. The summed E-state index contributed by atoms with van der Waals surface area (Å²) in [5, 5.41) is 4.24. The molecule has 0 atom stereocenters. The average Bonchev–Trinajstić information content (AvgIpc) is 3.02. The molecule has 0 radical (unpaired) electrons. The van der Waals surface area contributed by atoms with Crippen molar-refractivity contribution in [1.82, 2.24) is 24.1 Å². The number of aromatic nitrogens is 5. The van der Waals surface area contributed by atoms with Crippen molar-refractivity contribution in [3.05, 3.63) is 34.0 Å². The van der Waals surface area contributed by atoms with Crippen molar-refractivity contribution in [2.75, 3.05) is 36.9 Å². The number of aryl methyl sites for hydroxylation is 3. The van der Waals surface area contributed by atoms with E-state index >= 15 is 0 Å². The Bertz CT molecular complexity index is 1160. The fourth-order valence-electron chi connectivity index (χ4n) is 3.71. The van der Waals surface area contributed by atoms with E-state index in [-0.39, 0.29) is 11.6 Å². The van der Waals surface area contributed by atoms with Crippen LogP contribution in [0.1, 0.15) is 17.8 Å². The molecule has 0 aromatic carbocycles. The second kappa shape index (κ2) is 7.84. The fourth-order valence-corrected chi connectivity index (χ4v) is 3.71. The van der Waals surface area contributed by atoms with Crippen molar-refractivity contribution in [3.8, 4) is 11.1 Å². The number of hydrogen-bond donors (Lipinski definition) is 1. The summed E-state index contributed by atoms with van der Waals surface area (Å²) in [6.45, 7) is 5.16. The SMILES string of the molecule is Cc1cc(-c2c(N3CCOCC3)nc(N)n3c(=O)n(CCC(F)(F)F)nc23)cc(C)n1. The van der Waals surface area contributed by atoms with E-state index in [4.69, 9.17) is 10.5 Å². The van der Waals surface area contributed by atoms with Crippen LogP contribution in [0.2, 0.25) is 0 Å². The van der Waals surface area contributed by atoms with Gasteiger partial charge in [0.15, 0.2) is 5.65 Å². The molecule has 1 saturated heterocycles. The van der Waals surface area contributed by atoms with Crippen LogP contribution in [-0.2, 0) is 11.3 Å². The number of nitrogens with zero attached hydrogens (tertiary/aromatic N) is 6. The molecule has 2 N–H and O–H groups in total. The quantitative estimate of drug-likeness (QED) is 0.665. The van der Waals surface area contributed by atoms with Crippen molar-refractivity contribution in [2.45, 2.75) is 33.0 Å². The van der Waals surface area contributed by atoms with Gasteiger partial charge in [-0.05, 0) is 31.5 Å². The molecule has 0 saturated carbocycles. The molecule has 12 heteroatoms. The Kier molecular flexibility index (Phi) is 5.33. The van der Waals surface area contributed by atoms with Crippen LogP contribution >= 0.6 is 0 Å². The second-order valence-corrected chi connectivity index (χ2v) is 7.44. The number of pyridine rings is 1. The first-order chi connectivity index (χ1) is 14.6. The molecule has 0 amide bonds. The summed E-state index contributed by atoms with van der Waals surface area (Å²) in [5.74, 6) is 0.372. The van der Waals surface area contributed by atoms with Crippen molar-refractivity contribution in [1.29, 1.82) is 0 Å². The molecule has 9 nitrogen and oxygen atoms in total. The summed E-state index contributed by atoms with van der Waals surface area (Å²) >= 11 is 0. The maximum Gasteiger partial charge on any atom is 0.390 e. The Hall–Kier alpha value is -3.15. The topological polar surface area (TPSA) is 104 Å². The second-order valence-electron chi connectivity index (χ2n) is 7.44. The molecule has 166 valence electrons. The molecule has 31 heavy (non-hydrogen) atoms. The van der Waals surface area contributed by atoms with Crippen LogP contribution in [0.4, 0.5) is 24.9 Å². The van der Waals surface area contributed by atoms with E-state index in [9.17, 15) is 18.0 Å². The van der Waals surface area contributed by atoms with Crippen molar-refractivity contribution < 1.29 is 17.9 Å². The zero-order valence-corrected chi connectivity index (χ0v) is 17.1. The highest BCUT2D eigenvalue weighted by Gasteiger charge is 2.29. The van der Waals surface area contributed by atoms with Crippen LogP contribution in [0, 0.1) is 13.8 Å². The number of rotatable bonds is 4. The standard InChI is InChI=1S/C19H22F3N7O2/c1-11-9-13(10-12(2)24-11)14-15(27-5-7-31-8-6-27)25-17(23)29-16(14)26-28(18(29)30)4-3-19(20,21)22/h9-10H,3-8H2,1-2H3,(H2,23,25). The van der Waals surface area contributed by atoms with Gasteiger partial charge in [0.25, 0.3) is 0 Å². The van der Waals surface area contributed by atoms with Gasteiger partial charge in [0.05, 0.1) is 31.7 Å². The van der Waals surface area contributed by atoms with Gasteiger partial charge in [-0.25, -0.2) is 13.9 Å². The highest BCUT2D eigenvalue weighted by atomic mass is 19.4. The number of fused-ring (bicyclic) bond motifs is 1. The van der Waals surface area contributed by atoms with Gasteiger partial charge >= 0.3 is 11.9 Å². The molecule has 0 unspecified atom stereocenters. The van der Waals surface area contributed by atoms with E-state index < -0.39 is 24.8 Å².